The summed E-state index contributed by atoms with van der Waals surface area (Å²) >= 11 is 0. The predicted octanol–water partition coefficient (Wildman–Crippen LogP) is 1.52. The molecule has 1 N–H and O–H groups in total. The Hall–Kier alpha value is -2.83. The van der Waals surface area contributed by atoms with Gasteiger partial charge in [0.2, 0.25) is 0 Å². The maximum Gasteiger partial charge on any atom is 0.274 e. The molecule has 0 fully saturated rings. The lowest BCUT2D eigenvalue weighted by Crippen LogP contribution is -2.38. The minimum absolute atomic E-state index is 0.0866. The van der Waals surface area contributed by atoms with E-state index in [1.165, 1.54) is 0 Å². The number of carbonyl (C=O) groups excluding carboxylic acids is 1. The van der Waals surface area contributed by atoms with Crippen LogP contribution in [0.25, 0.3) is 11.5 Å². The van der Waals surface area contributed by atoms with Gasteiger partial charge in [0.25, 0.3) is 5.91 Å². The van der Waals surface area contributed by atoms with Crippen LogP contribution in [0.3, 0.4) is 0 Å². The van der Waals surface area contributed by atoms with Gasteiger partial charge in [0.1, 0.15) is 5.69 Å². The zero-order valence-electron chi connectivity index (χ0n) is 11.2. The second-order valence-corrected chi connectivity index (χ2v) is 4.92. The van der Waals surface area contributed by atoms with Gasteiger partial charge in [-0.15, -0.1) is 0 Å². The van der Waals surface area contributed by atoms with Gasteiger partial charge in [-0.1, -0.05) is 0 Å². The highest BCUT2D eigenvalue weighted by Crippen LogP contribution is 2.20. The van der Waals surface area contributed by atoms with E-state index < -0.39 is 0 Å². The lowest BCUT2D eigenvalue weighted by atomic mass is 10.2. The van der Waals surface area contributed by atoms with Gasteiger partial charge in [0.15, 0.2) is 11.5 Å². The van der Waals surface area contributed by atoms with Gasteiger partial charge in [-0.3, -0.25) is 14.6 Å². The SMILES string of the molecule is O=C(c1cc(-c2ccco2)[nH]n1)N1CCn2nccc2C1. The molecule has 7 nitrogen and oxygen atoms in total. The van der Waals surface area contributed by atoms with Gasteiger partial charge >= 0.3 is 0 Å². The number of nitrogens with one attached hydrogen (secondary N) is 1. The Balaban J connectivity index is 1.56. The number of fused-ring (bicyclic) bond motifs is 1. The summed E-state index contributed by atoms with van der Waals surface area (Å²) in [6.07, 6.45) is 3.34. The van der Waals surface area contributed by atoms with E-state index in [1.54, 1.807) is 29.5 Å². The lowest BCUT2D eigenvalue weighted by Gasteiger charge is -2.26. The van der Waals surface area contributed by atoms with Gasteiger partial charge in [0, 0.05) is 18.8 Å². The largest absolute Gasteiger partial charge is 0.463 e. The average molecular weight is 283 g/mol. The zero-order chi connectivity index (χ0) is 14.2. The summed E-state index contributed by atoms with van der Waals surface area (Å²) in [6.45, 7) is 1.90. The molecule has 4 heterocycles. The first-order chi connectivity index (χ1) is 10.3. The van der Waals surface area contributed by atoms with Crippen molar-refractivity contribution < 1.29 is 9.21 Å². The predicted molar refractivity (Wildman–Crippen MR) is 73.3 cm³/mol. The van der Waals surface area contributed by atoms with E-state index in [2.05, 4.69) is 15.3 Å². The van der Waals surface area contributed by atoms with Crippen LogP contribution in [0.1, 0.15) is 16.2 Å². The highest BCUT2D eigenvalue weighted by molar-refractivity contribution is 5.93. The third-order valence-corrected chi connectivity index (χ3v) is 3.61. The summed E-state index contributed by atoms with van der Waals surface area (Å²) in [7, 11) is 0. The first kappa shape index (κ1) is 12.0. The number of nitrogens with zero attached hydrogens (tertiary/aromatic N) is 4. The van der Waals surface area contributed by atoms with Gasteiger partial charge in [-0.25, -0.2) is 0 Å². The molecule has 0 aromatic carbocycles. The van der Waals surface area contributed by atoms with Crippen LogP contribution in [0.2, 0.25) is 0 Å². The Labute approximate surface area is 120 Å². The maximum atomic E-state index is 12.5. The molecular formula is C14H13N5O2. The molecular weight excluding hydrogens is 270 g/mol. The summed E-state index contributed by atoms with van der Waals surface area (Å²) in [6, 6.07) is 7.26. The molecule has 4 rings (SSSR count). The highest BCUT2D eigenvalue weighted by Gasteiger charge is 2.24. The Bertz CT molecular complexity index is 771. The minimum atomic E-state index is -0.0866. The van der Waals surface area contributed by atoms with E-state index in [0.717, 1.165) is 5.69 Å². The van der Waals surface area contributed by atoms with Crippen molar-refractivity contribution in [3.63, 3.8) is 0 Å². The van der Waals surface area contributed by atoms with Crippen LogP contribution in [0.15, 0.2) is 41.1 Å². The van der Waals surface area contributed by atoms with Crippen LogP contribution in [0.4, 0.5) is 0 Å². The average Bonchev–Trinajstić information content (AvgIpc) is 3.24. The molecule has 3 aromatic rings. The lowest BCUT2D eigenvalue weighted by molar-refractivity contribution is 0.0700. The van der Waals surface area contributed by atoms with Crippen LogP contribution < -0.4 is 0 Å². The number of carbonyl (C=O) groups is 1. The van der Waals surface area contributed by atoms with Crippen LogP contribution in [-0.4, -0.2) is 37.3 Å². The maximum absolute atomic E-state index is 12.5. The van der Waals surface area contributed by atoms with Gasteiger partial charge in [-0.05, 0) is 18.2 Å². The monoisotopic (exact) mass is 283 g/mol. The van der Waals surface area contributed by atoms with Crippen molar-refractivity contribution in [3.8, 4) is 11.5 Å². The Morgan fingerprint density at radius 3 is 3.14 bits per heavy atom. The smallest absolute Gasteiger partial charge is 0.274 e. The van der Waals surface area contributed by atoms with E-state index >= 15 is 0 Å². The first-order valence-electron chi connectivity index (χ1n) is 6.70. The third-order valence-electron chi connectivity index (χ3n) is 3.61. The molecule has 1 aliphatic rings. The molecule has 0 saturated carbocycles. The van der Waals surface area contributed by atoms with Crippen molar-refractivity contribution in [1.29, 1.82) is 0 Å². The van der Waals surface area contributed by atoms with Gasteiger partial charge in [0.05, 0.1) is 25.0 Å². The van der Waals surface area contributed by atoms with Crippen LogP contribution >= 0.6 is 0 Å². The molecule has 1 aliphatic heterocycles. The van der Waals surface area contributed by atoms with Crippen molar-refractivity contribution in [2.75, 3.05) is 6.54 Å². The normalized spacial score (nSPS) is 14.2. The van der Waals surface area contributed by atoms with E-state index in [4.69, 9.17) is 4.42 Å². The first-order valence-corrected chi connectivity index (χ1v) is 6.70. The number of aromatic amines is 1. The molecule has 1 amide bonds. The van der Waals surface area contributed by atoms with Crippen molar-refractivity contribution in [2.24, 2.45) is 0 Å². The van der Waals surface area contributed by atoms with E-state index in [9.17, 15) is 4.79 Å². The summed E-state index contributed by atoms with van der Waals surface area (Å²) in [5.74, 6) is 0.578. The summed E-state index contributed by atoms with van der Waals surface area (Å²) in [5, 5.41) is 11.1. The van der Waals surface area contributed by atoms with Crippen molar-refractivity contribution >= 4 is 5.91 Å². The van der Waals surface area contributed by atoms with Crippen molar-refractivity contribution in [3.05, 3.63) is 48.1 Å². The Morgan fingerprint density at radius 1 is 1.33 bits per heavy atom. The number of amides is 1. The van der Waals surface area contributed by atoms with Crippen LogP contribution in [0.5, 0.6) is 0 Å². The number of hydrogen-bond donors (Lipinski definition) is 1. The second kappa shape index (κ2) is 4.62. The molecule has 0 radical (unpaired) electrons. The highest BCUT2D eigenvalue weighted by atomic mass is 16.3. The third kappa shape index (κ3) is 2.03. The number of H-pyrrole nitrogens is 1. The molecule has 3 aromatic heterocycles. The molecule has 0 bridgehead atoms. The molecule has 0 atom stereocenters. The summed E-state index contributed by atoms with van der Waals surface area (Å²) < 4.78 is 7.21. The summed E-state index contributed by atoms with van der Waals surface area (Å²) in [4.78, 5) is 14.3. The molecule has 0 spiro atoms. The fraction of sp³-hybridized carbons (Fsp3) is 0.214. The number of aromatic nitrogens is 4. The quantitative estimate of drug-likeness (QED) is 0.773. The van der Waals surface area contributed by atoms with Crippen LogP contribution in [0, 0.1) is 0 Å². The van der Waals surface area contributed by atoms with E-state index in [1.807, 2.05) is 16.8 Å². The zero-order valence-corrected chi connectivity index (χ0v) is 11.2. The Kier molecular flexibility index (Phi) is 2.63. The van der Waals surface area contributed by atoms with Gasteiger partial charge in [-0.2, -0.15) is 10.2 Å². The van der Waals surface area contributed by atoms with Crippen molar-refractivity contribution in [2.45, 2.75) is 13.1 Å². The molecule has 21 heavy (non-hydrogen) atoms. The second-order valence-electron chi connectivity index (χ2n) is 4.92. The topological polar surface area (TPSA) is 80.0 Å². The van der Waals surface area contributed by atoms with Gasteiger partial charge < -0.3 is 9.32 Å². The van der Waals surface area contributed by atoms with Crippen molar-refractivity contribution in [1.82, 2.24) is 24.9 Å². The molecule has 106 valence electrons. The molecule has 7 heteroatoms. The van der Waals surface area contributed by atoms with E-state index in [0.29, 0.717) is 36.8 Å². The number of hydrogen-bond acceptors (Lipinski definition) is 4. The number of furan rings is 1. The minimum Gasteiger partial charge on any atom is -0.463 e. The van der Waals surface area contributed by atoms with E-state index in [-0.39, 0.29) is 5.91 Å². The Morgan fingerprint density at radius 2 is 2.29 bits per heavy atom. The molecule has 0 aliphatic carbocycles. The van der Waals surface area contributed by atoms with Crippen LogP contribution in [-0.2, 0) is 13.1 Å². The fourth-order valence-corrected chi connectivity index (χ4v) is 2.51. The summed E-state index contributed by atoms with van der Waals surface area (Å²) in [5.41, 5.74) is 2.14. The molecule has 0 saturated heterocycles. The standard InChI is InChI=1S/C14H13N5O2/c20-14(18-5-6-19-10(9-18)3-4-15-19)12-8-11(16-17-12)13-2-1-7-21-13/h1-4,7-8H,5-6,9H2,(H,16,17). The number of rotatable bonds is 2. The fourth-order valence-electron chi connectivity index (χ4n) is 2.51. The molecule has 0 unspecified atom stereocenters.